The van der Waals surface area contributed by atoms with Crippen molar-refractivity contribution in [2.45, 2.75) is 24.5 Å². The third-order valence-corrected chi connectivity index (χ3v) is 7.20. The van der Waals surface area contributed by atoms with E-state index in [4.69, 9.17) is 4.52 Å². The molecule has 0 unspecified atom stereocenters. The minimum Gasteiger partial charge on any atom is -0.338 e. The normalized spacial score (nSPS) is 16.4. The monoisotopic (exact) mass is 466 g/mol. The first kappa shape index (κ1) is 22.4. The van der Waals surface area contributed by atoms with Crippen LogP contribution < -0.4 is 0 Å². The van der Waals surface area contributed by atoms with Gasteiger partial charge in [0.05, 0.1) is 17.0 Å². The molecule has 1 aliphatic rings. The Morgan fingerprint density at radius 1 is 0.969 bits per heavy atom. The van der Waals surface area contributed by atoms with E-state index in [1.807, 2.05) is 11.8 Å². The predicted octanol–water partition coefficient (Wildman–Crippen LogP) is 3.57. The smallest absolute Gasteiger partial charge is 0.338 e. The number of piperazine rings is 1. The minimum absolute atomic E-state index is 0.203. The maximum Gasteiger partial charge on any atom is 0.416 e. The zero-order valence-electron chi connectivity index (χ0n) is 17.2. The van der Waals surface area contributed by atoms with Crippen molar-refractivity contribution in [2.75, 3.05) is 26.2 Å². The average molecular weight is 466 g/mol. The van der Waals surface area contributed by atoms with Gasteiger partial charge in [-0.2, -0.15) is 22.5 Å². The van der Waals surface area contributed by atoms with E-state index in [1.165, 1.54) is 16.4 Å². The summed E-state index contributed by atoms with van der Waals surface area (Å²) < 4.78 is 70.4. The zero-order chi connectivity index (χ0) is 22.9. The van der Waals surface area contributed by atoms with Crippen LogP contribution in [0.5, 0.6) is 0 Å². The summed E-state index contributed by atoms with van der Waals surface area (Å²) in [5.41, 5.74) is 0.662. The summed E-state index contributed by atoms with van der Waals surface area (Å²) in [5.74, 6) is 0.518. The van der Waals surface area contributed by atoms with Gasteiger partial charge in [-0.1, -0.05) is 35.0 Å². The first-order valence-electron chi connectivity index (χ1n) is 9.92. The molecule has 0 spiro atoms. The van der Waals surface area contributed by atoms with Gasteiger partial charge in [-0.25, -0.2) is 8.42 Å². The Morgan fingerprint density at radius 2 is 1.59 bits per heavy atom. The number of nitrogens with zero attached hydrogens (tertiary/aromatic N) is 4. The molecule has 2 heterocycles. The lowest BCUT2D eigenvalue weighted by Gasteiger charge is -2.33. The number of alkyl halides is 3. The highest BCUT2D eigenvalue weighted by atomic mass is 32.2. The second-order valence-electron chi connectivity index (χ2n) is 7.58. The molecule has 0 amide bonds. The van der Waals surface area contributed by atoms with Gasteiger partial charge in [-0.15, -0.1) is 0 Å². The number of hydrogen-bond acceptors (Lipinski definition) is 6. The van der Waals surface area contributed by atoms with Gasteiger partial charge in [0.25, 0.3) is 0 Å². The first-order chi connectivity index (χ1) is 15.1. The molecule has 0 radical (unpaired) electrons. The Hall–Kier alpha value is -2.76. The van der Waals surface area contributed by atoms with Crippen LogP contribution in [0.1, 0.15) is 17.0 Å². The van der Waals surface area contributed by atoms with Crippen molar-refractivity contribution in [3.63, 3.8) is 0 Å². The van der Waals surface area contributed by atoms with E-state index in [9.17, 15) is 21.6 Å². The molecule has 1 saturated heterocycles. The zero-order valence-corrected chi connectivity index (χ0v) is 18.0. The Morgan fingerprint density at radius 3 is 2.19 bits per heavy atom. The number of benzene rings is 2. The number of hydrogen-bond donors (Lipinski definition) is 0. The fraction of sp³-hybridized carbons (Fsp3) is 0.333. The number of sulfonamides is 1. The second kappa shape index (κ2) is 8.64. The van der Waals surface area contributed by atoms with E-state index in [1.54, 1.807) is 24.3 Å². The highest BCUT2D eigenvalue weighted by Gasteiger charge is 2.31. The molecule has 11 heteroatoms. The predicted molar refractivity (Wildman–Crippen MR) is 110 cm³/mol. The lowest BCUT2D eigenvalue weighted by molar-refractivity contribution is -0.137. The number of rotatable bonds is 5. The molecule has 1 aromatic heterocycles. The summed E-state index contributed by atoms with van der Waals surface area (Å²) in [5, 5.41) is 3.84. The average Bonchev–Trinajstić information content (AvgIpc) is 3.22. The maximum absolute atomic E-state index is 12.8. The van der Waals surface area contributed by atoms with Crippen LogP contribution in [0.15, 0.2) is 57.9 Å². The molecule has 0 saturated carbocycles. The van der Waals surface area contributed by atoms with Crippen LogP contribution in [0.2, 0.25) is 0 Å². The molecule has 1 aliphatic heterocycles. The van der Waals surface area contributed by atoms with E-state index in [2.05, 4.69) is 10.1 Å². The molecule has 7 nitrogen and oxygen atoms in total. The number of aryl methyl sites for hydroxylation is 1. The molecule has 0 N–H and O–H groups in total. The van der Waals surface area contributed by atoms with Crippen LogP contribution in [0.3, 0.4) is 0 Å². The molecule has 32 heavy (non-hydrogen) atoms. The summed E-state index contributed by atoms with van der Waals surface area (Å²) in [6.07, 6.45) is -4.41. The van der Waals surface area contributed by atoms with Gasteiger partial charge in [0, 0.05) is 31.7 Å². The first-order valence-corrected chi connectivity index (χ1v) is 11.4. The third kappa shape index (κ3) is 4.84. The van der Waals surface area contributed by atoms with Crippen LogP contribution >= 0.6 is 0 Å². The Balaban J connectivity index is 1.36. The van der Waals surface area contributed by atoms with Crippen molar-refractivity contribution >= 4 is 10.0 Å². The van der Waals surface area contributed by atoms with Gasteiger partial charge in [0.15, 0.2) is 0 Å². The largest absolute Gasteiger partial charge is 0.416 e. The Bertz CT molecular complexity index is 1170. The molecule has 0 atom stereocenters. The van der Waals surface area contributed by atoms with Crippen molar-refractivity contribution in [2.24, 2.45) is 0 Å². The van der Waals surface area contributed by atoms with Crippen LogP contribution in [0.25, 0.3) is 11.4 Å². The van der Waals surface area contributed by atoms with Gasteiger partial charge in [0.2, 0.25) is 21.7 Å². The lowest BCUT2D eigenvalue weighted by Crippen LogP contribution is -2.48. The fourth-order valence-corrected chi connectivity index (χ4v) is 4.85. The number of halogens is 3. The fourth-order valence-electron chi connectivity index (χ4n) is 3.42. The standard InChI is InChI=1S/C21H21F3N4O3S/c1-15-2-8-18(9-3-15)32(29,30)28-12-10-27(11-13-28)14-19-25-20(26-31-19)16-4-6-17(7-5-16)21(22,23)24/h2-9H,10-14H2,1H3. The van der Waals surface area contributed by atoms with E-state index in [0.717, 1.165) is 17.7 Å². The van der Waals surface area contributed by atoms with Gasteiger partial charge in [-0.05, 0) is 31.2 Å². The summed E-state index contributed by atoms with van der Waals surface area (Å²) in [6, 6.07) is 11.3. The van der Waals surface area contributed by atoms with Crippen molar-refractivity contribution in [3.8, 4) is 11.4 Å². The van der Waals surface area contributed by atoms with E-state index in [-0.39, 0.29) is 10.7 Å². The summed E-state index contributed by atoms with van der Waals surface area (Å²) in [6.45, 7) is 3.86. The van der Waals surface area contributed by atoms with Gasteiger partial charge < -0.3 is 4.52 Å². The quantitative estimate of drug-likeness (QED) is 0.572. The highest BCUT2D eigenvalue weighted by molar-refractivity contribution is 7.89. The summed E-state index contributed by atoms with van der Waals surface area (Å²) >= 11 is 0. The SMILES string of the molecule is Cc1ccc(S(=O)(=O)N2CCN(Cc3nc(-c4ccc(C(F)(F)F)cc4)no3)CC2)cc1. The molecule has 4 rings (SSSR count). The molecule has 2 aromatic carbocycles. The van der Waals surface area contributed by atoms with Gasteiger partial charge in [-0.3, -0.25) is 4.90 Å². The third-order valence-electron chi connectivity index (χ3n) is 5.29. The number of aromatic nitrogens is 2. The summed E-state index contributed by atoms with van der Waals surface area (Å²) in [4.78, 5) is 6.52. The van der Waals surface area contributed by atoms with Crippen molar-refractivity contribution < 1.29 is 26.1 Å². The van der Waals surface area contributed by atoms with E-state index >= 15 is 0 Å². The molecular weight excluding hydrogens is 445 g/mol. The topological polar surface area (TPSA) is 79.5 Å². The second-order valence-corrected chi connectivity index (χ2v) is 9.52. The van der Waals surface area contributed by atoms with Crippen LogP contribution in [0.4, 0.5) is 13.2 Å². The van der Waals surface area contributed by atoms with E-state index in [0.29, 0.717) is 44.2 Å². The highest BCUT2D eigenvalue weighted by Crippen LogP contribution is 2.30. The van der Waals surface area contributed by atoms with Crippen molar-refractivity contribution in [3.05, 3.63) is 65.5 Å². The van der Waals surface area contributed by atoms with Crippen LogP contribution in [-0.2, 0) is 22.7 Å². The lowest BCUT2D eigenvalue weighted by atomic mass is 10.1. The van der Waals surface area contributed by atoms with Gasteiger partial charge in [0.1, 0.15) is 0 Å². The molecule has 0 aliphatic carbocycles. The molecule has 170 valence electrons. The van der Waals surface area contributed by atoms with Gasteiger partial charge >= 0.3 is 6.18 Å². The maximum atomic E-state index is 12.8. The molecule has 1 fully saturated rings. The Kier molecular flexibility index (Phi) is 6.06. The van der Waals surface area contributed by atoms with Crippen LogP contribution in [-0.4, -0.2) is 53.9 Å². The van der Waals surface area contributed by atoms with Crippen LogP contribution in [0, 0.1) is 6.92 Å². The molecular formula is C21H21F3N4O3S. The minimum atomic E-state index is -4.41. The van der Waals surface area contributed by atoms with Crippen molar-refractivity contribution in [1.82, 2.24) is 19.3 Å². The van der Waals surface area contributed by atoms with E-state index < -0.39 is 21.8 Å². The molecule has 3 aromatic rings. The Labute approximate surface area is 183 Å². The van der Waals surface area contributed by atoms with Crippen molar-refractivity contribution in [1.29, 1.82) is 0 Å². The molecule has 0 bridgehead atoms. The summed E-state index contributed by atoms with van der Waals surface area (Å²) in [7, 11) is -3.55.